The van der Waals surface area contributed by atoms with Gasteiger partial charge < -0.3 is 5.11 Å². The summed E-state index contributed by atoms with van der Waals surface area (Å²) < 4.78 is 0. The van der Waals surface area contributed by atoms with E-state index in [1.807, 2.05) is 25.1 Å². The van der Waals surface area contributed by atoms with Crippen LogP contribution in [0, 0.1) is 0 Å². The number of aliphatic hydroxyl groups is 1. The van der Waals surface area contributed by atoms with Gasteiger partial charge in [-0.15, -0.1) is 0 Å². The second-order valence-electron chi connectivity index (χ2n) is 4.98. The van der Waals surface area contributed by atoms with Gasteiger partial charge >= 0.3 is 0 Å². The first-order chi connectivity index (χ1) is 7.49. The minimum atomic E-state index is -0.604. The highest BCUT2D eigenvalue weighted by atomic mass is 16.3. The first-order valence-electron chi connectivity index (χ1n) is 5.89. The van der Waals surface area contributed by atoms with E-state index in [1.165, 1.54) is 11.1 Å². The van der Waals surface area contributed by atoms with E-state index in [0.29, 0.717) is 0 Å². The third-order valence-corrected chi connectivity index (χ3v) is 2.66. The zero-order valence-corrected chi connectivity index (χ0v) is 10.5. The van der Waals surface area contributed by atoms with Gasteiger partial charge in [0.2, 0.25) is 0 Å². The lowest BCUT2D eigenvalue weighted by Crippen LogP contribution is -2.26. The molecule has 1 heteroatoms. The summed E-state index contributed by atoms with van der Waals surface area (Å²) >= 11 is 0. The van der Waals surface area contributed by atoms with Crippen LogP contribution in [0.4, 0.5) is 0 Å². The zero-order chi connectivity index (χ0) is 12.0. The maximum absolute atomic E-state index is 10.3. The van der Waals surface area contributed by atoms with Crippen LogP contribution in [0.25, 0.3) is 0 Å². The van der Waals surface area contributed by atoms with Crippen molar-refractivity contribution in [3.63, 3.8) is 0 Å². The lowest BCUT2D eigenvalue weighted by atomic mass is 9.91. The van der Waals surface area contributed by atoms with Gasteiger partial charge in [-0.1, -0.05) is 42.0 Å². The Labute approximate surface area is 98.8 Å². The van der Waals surface area contributed by atoms with Crippen LogP contribution in [0.3, 0.4) is 0 Å². The maximum atomic E-state index is 10.3. The number of allylic oxidation sites excluding steroid dienone is 2. The molecule has 0 saturated carbocycles. The average molecular weight is 218 g/mol. The molecule has 0 saturated heterocycles. The Morgan fingerprint density at radius 1 is 1.25 bits per heavy atom. The number of hydrogen-bond donors (Lipinski definition) is 1. The number of benzene rings is 1. The van der Waals surface area contributed by atoms with Gasteiger partial charge in [-0.2, -0.15) is 0 Å². The molecule has 1 aromatic rings. The quantitative estimate of drug-likeness (QED) is 0.747. The van der Waals surface area contributed by atoms with Gasteiger partial charge in [0, 0.05) is 6.42 Å². The van der Waals surface area contributed by atoms with Gasteiger partial charge in [-0.3, -0.25) is 0 Å². The summed E-state index contributed by atoms with van der Waals surface area (Å²) in [6.45, 7) is 6.09. The summed E-state index contributed by atoms with van der Waals surface area (Å²) in [5, 5.41) is 10.3. The molecule has 1 nitrogen and oxygen atoms in total. The van der Waals surface area contributed by atoms with Crippen molar-refractivity contribution in [3.05, 3.63) is 47.5 Å². The molecule has 0 unspecified atom stereocenters. The molecule has 1 aromatic carbocycles. The molecular weight excluding hydrogens is 196 g/mol. The summed E-state index contributed by atoms with van der Waals surface area (Å²) in [5.74, 6) is 0. The summed E-state index contributed by atoms with van der Waals surface area (Å²) in [7, 11) is 0. The predicted octanol–water partition coefficient (Wildman–Crippen LogP) is 3.73. The molecule has 0 heterocycles. The Hall–Kier alpha value is -1.08. The molecule has 1 N–H and O–H groups in total. The summed E-state index contributed by atoms with van der Waals surface area (Å²) in [5.41, 5.74) is 1.91. The first kappa shape index (κ1) is 13.0. The molecule has 1 rings (SSSR count). The van der Waals surface area contributed by atoms with Gasteiger partial charge in [-0.05, 0) is 39.2 Å². The van der Waals surface area contributed by atoms with Crippen LogP contribution < -0.4 is 0 Å². The fraction of sp³-hybridized carbons (Fsp3) is 0.467. The monoisotopic (exact) mass is 218 g/mol. The number of hydrogen-bond acceptors (Lipinski definition) is 1. The maximum Gasteiger partial charge on any atom is 0.0662 e. The van der Waals surface area contributed by atoms with Crippen molar-refractivity contribution in [3.8, 4) is 0 Å². The molecule has 1 atom stereocenters. The molecule has 0 amide bonds. The molecule has 0 aliphatic carbocycles. The molecule has 0 bridgehead atoms. The Morgan fingerprint density at radius 3 is 2.44 bits per heavy atom. The van der Waals surface area contributed by atoms with E-state index >= 15 is 0 Å². The van der Waals surface area contributed by atoms with E-state index in [1.54, 1.807) is 0 Å². The van der Waals surface area contributed by atoms with Crippen molar-refractivity contribution in [2.75, 3.05) is 0 Å². The average Bonchev–Trinajstić information content (AvgIpc) is 2.17. The molecule has 0 radical (unpaired) electrons. The Kier molecular flexibility index (Phi) is 4.75. The molecule has 88 valence electrons. The molecule has 0 aliphatic rings. The molecule has 0 aromatic heterocycles. The highest BCUT2D eigenvalue weighted by Gasteiger charge is 2.19. The molecule has 16 heavy (non-hydrogen) atoms. The van der Waals surface area contributed by atoms with Crippen molar-refractivity contribution in [2.45, 2.75) is 45.6 Å². The van der Waals surface area contributed by atoms with Crippen LogP contribution in [0.5, 0.6) is 0 Å². The second-order valence-corrected chi connectivity index (χ2v) is 4.98. The van der Waals surface area contributed by atoms with Gasteiger partial charge in [-0.25, -0.2) is 0 Å². The van der Waals surface area contributed by atoms with Crippen molar-refractivity contribution in [1.82, 2.24) is 0 Å². The summed E-state index contributed by atoms with van der Waals surface area (Å²) in [6, 6.07) is 10.2. The van der Waals surface area contributed by atoms with E-state index in [4.69, 9.17) is 0 Å². The normalized spacial score (nSPS) is 14.2. The van der Waals surface area contributed by atoms with Crippen molar-refractivity contribution >= 4 is 0 Å². The Morgan fingerprint density at radius 2 is 1.88 bits per heavy atom. The second kappa shape index (κ2) is 5.86. The molecule has 0 fully saturated rings. The SMILES string of the molecule is CC(C)=CCC[C@](C)(O)Cc1ccccc1. The van der Waals surface area contributed by atoms with Crippen LogP contribution >= 0.6 is 0 Å². The fourth-order valence-electron chi connectivity index (χ4n) is 1.80. The standard InChI is InChI=1S/C15H22O/c1-13(2)8-7-11-15(3,16)12-14-9-5-4-6-10-14/h4-6,8-10,16H,7,11-12H2,1-3H3/t15-/m0/s1. The van der Waals surface area contributed by atoms with E-state index in [2.05, 4.69) is 32.1 Å². The summed E-state index contributed by atoms with van der Waals surface area (Å²) in [6.07, 6.45) is 4.67. The van der Waals surface area contributed by atoms with Crippen molar-refractivity contribution in [1.29, 1.82) is 0 Å². The number of rotatable bonds is 5. The predicted molar refractivity (Wildman–Crippen MR) is 69.4 cm³/mol. The minimum Gasteiger partial charge on any atom is -0.390 e. The first-order valence-corrected chi connectivity index (χ1v) is 5.89. The van der Waals surface area contributed by atoms with Crippen molar-refractivity contribution < 1.29 is 5.11 Å². The summed E-state index contributed by atoms with van der Waals surface area (Å²) in [4.78, 5) is 0. The van der Waals surface area contributed by atoms with E-state index < -0.39 is 5.60 Å². The van der Waals surface area contributed by atoms with Crippen LogP contribution in [0.2, 0.25) is 0 Å². The third-order valence-electron chi connectivity index (χ3n) is 2.66. The van der Waals surface area contributed by atoms with Gasteiger partial charge in [0.25, 0.3) is 0 Å². The fourth-order valence-corrected chi connectivity index (χ4v) is 1.80. The Bertz CT molecular complexity index is 332. The molecule has 0 spiro atoms. The van der Waals surface area contributed by atoms with Crippen LogP contribution in [-0.2, 0) is 6.42 Å². The minimum absolute atomic E-state index is 0.604. The highest BCUT2D eigenvalue weighted by molar-refractivity contribution is 5.16. The topological polar surface area (TPSA) is 20.2 Å². The largest absolute Gasteiger partial charge is 0.390 e. The molecular formula is C15H22O. The van der Waals surface area contributed by atoms with Crippen LogP contribution in [0.1, 0.15) is 39.2 Å². The molecule has 0 aliphatic heterocycles. The van der Waals surface area contributed by atoms with E-state index in [9.17, 15) is 5.11 Å². The highest BCUT2D eigenvalue weighted by Crippen LogP contribution is 2.19. The van der Waals surface area contributed by atoms with Gasteiger partial charge in [0.15, 0.2) is 0 Å². The lowest BCUT2D eigenvalue weighted by Gasteiger charge is -2.22. The van der Waals surface area contributed by atoms with Gasteiger partial charge in [0.1, 0.15) is 0 Å². The van der Waals surface area contributed by atoms with Crippen molar-refractivity contribution in [2.24, 2.45) is 0 Å². The van der Waals surface area contributed by atoms with Gasteiger partial charge in [0.05, 0.1) is 5.60 Å². The van der Waals surface area contributed by atoms with E-state index in [-0.39, 0.29) is 0 Å². The lowest BCUT2D eigenvalue weighted by molar-refractivity contribution is 0.0523. The Balaban J connectivity index is 2.48. The zero-order valence-electron chi connectivity index (χ0n) is 10.5. The smallest absolute Gasteiger partial charge is 0.0662 e. The van der Waals surface area contributed by atoms with Crippen LogP contribution in [-0.4, -0.2) is 10.7 Å². The van der Waals surface area contributed by atoms with Crippen LogP contribution in [0.15, 0.2) is 42.0 Å². The third kappa shape index (κ3) is 5.13. The van der Waals surface area contributed by atoms with E-state index in [0.717, 1.165) is 19.3 Å².